The maximum atomic E-state index is 14.7. The molecule has 1 atom stereocenters. The molecule has 3 aromatic rings. The monoisotopic (exact) mass is 448 g/mol. The van der Waals surface area contributed by atoms with E-state index in [1.54, 1.807) is 26.0 Å². The molecule has 0 aliphatic carbocycles. The van der Waals surface area contributed by atoms with Crippen molar-refractivity contribution in [3.05, 3.63) is 71.9 Å². The predicted octanol–water partition coefficient (Wildman–Crippen LogP) is 4.63. The van der Waals surface area contributed by atoms with Gasteiger partial charge in [-0.2, -0.15) is 13.2 Å². The number of hydrogen-bond acceptors (Lipinski definition) is 5. The maximum absolute atomic E-state index is 14.7. The van der Waals surface area contributed by atoms with Crippen LogP contribution in [0, 0.1) is 5.82 Å². The maximum Gasteiger partial charge on any atom is 0.417 e. The smallest absolute Gasteiger partial charge is 0.417 e. The van der Waals surface area contributed by atoms with Gasteiger partial charge in [0.2, 0.25) is 5.88 Å². The Morgan fingerprint density at radius 1 is 1.09 bits per heavy atom. The molecule has 0 fully saturated rings. The van der Waals surface area contributed by atoms with Crippen LogP contribution in [0.3, 0.4) is 0 Å². The number of hydrogen-bond donors (Lipinski definition) is 0. The minimum absolute atomic E-state index is 0.0161. The summed E-state index contributed by atoms with van der Waals surface area (Å²) in [6.07, 6.45) is -0.836. The molecule has 6 nitrogen and oxygen atoms in total. The number of carbonyl (C=O) groups is 1. The topological polar surface area (TPSA) is 68.2 Å². The van der Waals surface area contributed by atoms with E-state index in [0.29, 0.717) is 6.20 Å². The number of halogens is 4. The van der Waals surface area contributed by atoms with Crippen LogP contribution in [0.2, 0.25) is 0 Å². The number of nitrogens with zero attached hydrogens (tertiary/aromatic N) is 4. The summed E-state index contributed by atoms with van der Waals surface area (Å²) in [5, 5.41) is 0. The summed E-state index contributed by atoms with van der Waals surface area (Å²) in [6.45, 7) is 3.60. The van der Waals surface area contributed by atoms with Crippen molar-refractivity contribution in [3.63, 3.8) is 0 Å². The van der Waals surface area contributed by atoms with Crippen LogP contribution in [0.25, 0.3) is 11.4 Å². The summed E-state index contributed by atoms with van der Waals surface area (Å²) in [4.78, 5) is 26.5. The second-order valence-corrected chi connectivity index (χ2v) is 6.87. The Balaban J connectivity index is 1.78. The van der Waals surface area contributed by atoms with Crippen LogP contribution in [-0.2, 0) is 6.18 Å². The van der Waals surface area contributed by atoms with Crippen molar-refractivity contribution in [2.45, 2.75) is 26.1 Å². The average molecular weight is 448 g/mol. The number of benzene rings is 1. The fourth-order valence-electron chi connectivity index (χ4n) is 3.09. The molecule has 0 aliphatic rings. The minimum atomic E-state index is -4.50. The van der Waals surface area contributed by atoms with Gasteiger partial charge in [0.25, 0.3) is 5.91 Å². The van der Waals surface area contributed by atoms with Crippen molar-refractivity contribution >= 4 is 5.91 Å². The van der Waals surface area contributed by atoms with Crippen molar-refractivity contribution in [1.82, 2.24) is 19.9 Å². The molecule has 0 saturated carbocycles. The van der Waals surface area contributed by atoms with Gasteiger partial charge in [-0.1, -0.05) is 12.1 Å². The molecule has 32 heavy (non-hydrogen) atoms. The molecule has 0 spiro atoms. The molecule has 2 aromatic heterocycles. The molecule has 1 unspecified atom stereocenters. The first kappa shape index (κ1) is 23.1. The zero-order chi connectivity index (χ0) is 23.3. The Morgan fingerprint density at radius 2 is 1.81 bits per heavy atom. The molecule has 10 heteroatoms. The highest BCUT2D eigenvalue weighted by Gasteiger charge is 2.31. The lowest BCUT2D eigenvalue weighted by atomic mass is 10.0. The molecule has 0 bridgehead atoms. The van der Waals surface area contributed by atoms with Gasteiger partial charge >= 0.3 is 6.18 Å². The molecule has 0 N–H and O–H groups in total. The molecular formula is C22H20F4N4O2. The zero-order valence-electron chi connectivity index (χ0n) is 17.3. The third-order valence-corrected chi connectivity index (χ3v) is 4.70. The SMILES string of the molecule is CCN(C(=O)c1c(F)cccc1-c1ncccn1)C(C)COc1ccc(C(F)(F)F)cn1. The first-order chi connectivity index (χ1) is 15.2. The number of alkyl halides is 3. The Kier molecular flexibility index (Phi) is 7.01. The quantitative estimate of drug-likeness (QED) is 0.493. The van der Waals surface area contributed by atoms with E-state index in [1.807, 2.05) is 0 Å². The van der Waals surface area contributed by atoms with E-state index in [0.717, 1.165) is 12.1 Å². The third-order valence-electron chi connectivity index (χ3n) is 4.70. The summed E-state index contributed by atoms with van der Waals surface area (Å²) in [7, 11) is 0. The fourth-order valence-corrected chi connectivity index (χ4v) is 3.09. The summed E-state index contributed by atoms with van der Waals surface area (Å²) in [6, 6.07) is 7.26. The van der Waals surface area contributed by atoms with Crippen LogP contribution in [0.15, 0.2) is 55.0 Å². The molecule has 1 aromatic carbocycles. The predicted molar refractivity (Wildman–Crippen MR) is 108 cm³/mol. The second-order valence-electron chi connectivity index (χ2n) is 6.87. The second kappa shape index (κ2) is 9.71. The highest BCUT2D eigenvalue weighted by Crippen LogP contribution is 2.29. The van der Waals surface area contributed by atoms with Crippen molar-refractivity contribution in [1.29, 1.82) is 0 Å². The molecule has 1 amide bonds. The number of rotatable bonds is 7. The Hall–Kier alpha value is -3.56. The van der Waals surface area contributed by atoms with Gasteiger partial charge in [-0.25, -0.2) is 19.3 Å². The molecule has 0 radical (unpaired) electrons. The van der Waals surface area contributed by atoms with Gasteiger partial charge in [0.1, 0.15) is 12.4 Å². The van der Waals surface area contributed by atoms with Gasteiger partial charge in [0, 0.05) is 36.8 Å². The van der Waals surface area contributed by atoms with E-state index in [-0.39, 0.29) is 36.0 Å². The van der Waals surface area contributed by atoms with Crippen molar-refractivity contribution in [3.8, 4) is 17.3 Å². The standard InChI is InChI=1S/C22H20F4N4O2/c1-3-30(14(2)13-32-18-9-8-15(12-29-18)22(24,25)26)21(31)19-16(6-4-7-17(19)23)20-27-10-5-11-28-20/h4-12,14H,3,13H2,1-2H3. The van der Waals surface area contributed by atoms with Crippen LogP contribution < -0.4 is 4.74 Å². The largest absolute Gasteiger partial charge is 0.475 e. The van der Waals surface area contributed by atoms with E-state index in [9.17, 15) is 22.4 Å². The van der Waals surface area contributed by atoms with Gasteiger partial charge in [0.15, 0.2) is 5.82 Å². The van der Waals surface area contributed by atoms with Gasteiger partial charge in [-0.15, -0.1) is 0 Å². The first-order valence-electron chi connectivity index (χ1n) is 9.75. The van der Waals surface area contributed by atoms with Crippen LogP contribution >= 0.6 is 0 Å². The van der Waals surface area contributed by atoms with Gasteiger partial charge in [-0.05, 0) is 32.0 Å². The molecule has 2 heterocycles. The summed E-state index contributed by atoms with van der Waals surface area (Å²) in [5.74, 6) is -1.10. The Labute approximate surface area is 181 Å². The zero-order valence-corrected chi connectivity index (χ0v) is 17.3. The Morgan fingerprint density at radius 3 is 2.41 bits per heavy atom. The highest BCUT2D eigenvalue weighted by atomic mass is 19.4. The van der Waals surface area contributed by atoms with E-state index >= 15 is 0 Å². The lowest BCUT2D eigenvalue weighted by Gasteiger charge is -2.28. The number of ether oxygens (including phenoxy) is 1. The molecule has 3 rings (SSSR count). The number of likely N-dealkylation sites (N-methyl/N-ethyl adjacent to an activating group) is 1. The fraction of sp³-hybridized carbons (Fsp3) is 0.273. The lowest BCUT2D eigenvalue weighted by Crippen LogP contribution is -2.42. The molecule has 0 aliphatic heterocycles. The number of aromatic nitrogens is 3. The number of amides is 1. The number of pyridine rings is 1. The van der Waals surface area contributed by atoms with Crippen molar-refractivity contribution in [2.24, 2.45) is 0 Å². The summed E-state index contributed by atoms with van der Waals surface area (Å²) < 4.78 is 58.1. The van der Waals surface area contributed by atoms with Crippen LogP contribution in [-0.4, -0.2) is 45.0 Å². The normalized spacial score (nSPS) is 12.3. The summed E-state index contributed by atoms with van der Waals surface area (Å²) >= 11 is 0. The van der Waals surface area contributed by atoms with Crippen LogP contribution in [0.5, 0.6) is 5.88 Å². The van der Waals surface area contributed by atoms with Gasteiger partial charge in [-0.3, -0.25) is 4.79 Å². The van der Waals surface area contributed by atoms with Crippen LogP contribution in [0.4, 0.5) is 17.6 Å². The average Bonchev–Trinajstić information content (AvgIpc) is 2.78. The first-order valence-corrected chi connectivity index (χ1v) is 9.75. The van der Waals surface area contributed by atoms with E-state index in [1.165, 1.54) is 29.4 Å². The Bertz CT molecular complexity index is 1060. The van der Waals surface area contributed by atoms with Crippen molar-refractivity contribution < 1.29 is 27.1 Å². The molecule has 0 saturated heterocycles. The van der Waals surface area contributed by atoms with Gasteiger partial charge in [0.05, 0.1) is 17.2 Å². The van der Waals surface area contributed by atoms with E-state index < -0.39 is 29.5 Å². The highest BCUT2D eigenvalue weighted by molar-refractivity contribution is 6.00. The van der Waals surface area contributed by atoms with Crippen molar-refractivity contribution in [2.75, 3.05) is 13.2 Å². The summed E-state index contributed by atoms with van der Waals surface area (Å²) in [5.41, 5.74) is -0.801. The molecular weight excluding hydrogens is 428 g/mol. The number of carbonyl (C=O) groups excluding carboxylic acids is 1. The lowest BCUT2D eigenvalue weighted by molar-refractivity contribution is -0.137. The third kappa shape index (κ3) is 5.19. The van der Waals surface area contributed by atoms with E-state index in [2.05, 4.69) is 15.0 Å². The molecule has 168 valence electrons. The van der Waals surface area contributed by atoms with E-state index in [4.69, 9.17) is 4.74 Å². The minimum Gasteiger partial charge on any atom is -0.475 e. The van der Waals surface area contributed by atoms with Gasteiger partial charge < -0.3 is 9.64 Å². The van der Waals surface area contributed by atoms with Crippen LogP contribution in [0.1, 0.15) is 29.8 Å².